The molecule has 3 aromatic rings. The smallest absolute Gasteiger partial charge is 0.249 e. The largest absolute Gasteiger partial charge is 0.497 e. The molecule has 0 aromatic heterocycles. The van der Waals surface area contributed by atoms with Gasteiger partial charge in [-0.1, -0.05) is 12.1 Å². The summed E-state index contributed by atoms with van der Waals surface area (Å²) in [7, 11) is 2.41. The highest BCUT2D eigenvalue weighted by molar-refractivity contribution is 8.01. The summed E-state index contributed by atoms with van der Waals surface area (Å²) >= 11 is 0. The van der Waals surface area contributed by atoms with Crippen LogP contribution in [0.15, 0.2) is 54.6 Å². The van der Waals surface area contributed by atoms with Gasteiger partial charge in [-0.05, 0) is 55.0 Å². The van der Waals surface area contributed by atoms with Gasteiger partial charge in [0.25, 0.3) is 0 Å². The first-order valence-electron chi connectivity index (χ1n) is 10.5. The van der Waals surface area contributed by atoms with Gasteiger partial charge in [0.05, 0.1) is 35.5 Å². The van der Waals surface area contributed by atoms with Gasteiger partial charge in [0.1, 0.15) is 39.9 Å². The number of aryl methyl sites for hydroxylation is 1. The van der Waals surface area contributed by atoms with E-state index in [0.29, 0.717) is 11.3 Å². The van der Waals surface area contributed by atoms with Gasteiger partial charge in [-0.3, -0.25) is 9.59 Å². The van der Waals surface area contributed by atoms with Crippen molar-refractivity contribution in [1.82, 2.24) is 0 Å². The Kier molecular flexibility index (Phi) is 7.87. The Morgan fingerprint density at radius 1 is 0.629 bits per heavy atom. The van der Waals surface area contributed by atoms with Gasteiger partial charge in [-0.15, -0.1) is 0 Å². The number of benzene rings is 3. The maximum atomic E-state index is 14.9. The fraction of sp³-hybridized carbons (Fsp3) is 0.231. The third-order valence-electron chi connectivity index (χ3n) is 5.60. The second kappa shape index (κ2) is 10.7. The lowest BCUT2D eigenvalue weighted by atomic mass is 10.2. The highest BCUT2D eigenvalue weighted by Gasteiger charge is 2.47. The first kappa shape index (κ1) is 25.8. The lowest BCUT2D eigenvalue weighted by molar-refractivity contribution is 0.103. The van der Waals surface area contributed by atoms with Crippen LogP contribution >= 0.6 is 7.14 Å². The van der Waals surface area contributed by atoms with Gasteiger partial charge in [-0.2, -0.15) is 0 Å². The minimum atomic E-state index is -4.58. The van der Waals surface area contributed by atoms with E-state index in [4.69, 9.17) is 23.7 Å². The average molecular weight is 498 g/mol. The molecule has 9 heteroatoms. The summed E-state index contributed by atoms with van der Waals surface area (Å²) in [5.41, 5.74) is -1.62. The molecule has 0 aliphatic rings. The summed E-state index contributed by atoms with van der Waals surface area (Å²) in [6.07, 6.45) is 0. The average Bonchev–Trinajstić information content (AvgIpc) is 2.90. The van der Waals surface area contributed by atoms with Gasteiger partial charge >= 0.3 is 0 Å². The molecule has 35 heavy (non-hydrogen) atoms. The molecular weight excluding hydrogens is 471 g/mol. The van der Waals surface area contributed by atoms with Crippen LogP contribution in [-0.2, 0) is 4.57 Å². The summed E-state index contributed by atoms with van der Waals surface area (Å²) in [5, 5.41) is 0.0641. The van der Waals surface area contributed by atoms with Crippen molar-refractivity contribution in [3.8, 4) is 28.7 Å². The number of methoxy groups -OCH3 is 5. The molecule has 0 saturated carbocycles. The van der Waals surface area contributed by atoms with Crippen LogP contribution < -0.4 is 29.0 Å². The first-order chi connectivity index (χ1) is 16.8. The van der Waals surface area contributed by atoms with Crippen molar-refractivity contribution < 1.29 is 37.8 Å². The molecule has 0 amide bonds. The summed E-state index contributed by atoms with van der Waals surface area (Å²) in [4.78, 5) is 28.4. The molecule has 3 rings (SSSR count). The van der Waals surface area contributed by atoms with E-state index in [-0.39, 0.29) is 39.4 Å². The van der Waals surface area contributed by atoms with E-state index in [1.54, 1.807) is 31.2 Å². The van der Waals surface area contributed by atoms with E-state index in [2.05, 4.69) is 0 Å². The van der Waals surface area contributed by atoms with E-state index in [0.717, 1.165) is 0 Å². The molecule has 0 saturated heterocycles. The molecule has 184 valence electrons. The van der Waals surface area contributed by atoms with Crippen molar-refractivity contribution in [2.75, 3.05) is 35.5 Å². The van der Waals surface area contributed by atoms with Gasteiger partial charge in [0, 0.05) is 5.30 Å². The zero-order chi connectivity index (χ0) is 25.8. The lowest BCUT2D eigenvalue weighted by Crippen LogP contribution is -2.24. The van der Waals surface area contributed by atoms with Crippen LogP contribution in [0.3, 0.4) is 0 Å². The Balaban J connectivity index is 2.41. The predicted molar refractivity (Wildman–Crippen MR) is 133 cm³/mol. The van der Waals surface area contributed by atoms with Crippen LogP contribution in [0.4, 0.5) is 0 Å². The molecule has 3 aromatic carbocycles. The van der Waals surface area contributed by atoms with E-state index >= 15 is 0 Å². The molecule has 0 radical (unpaired) electrons. The Hall–Kier alpha value is -3.77. The van der Waals surface area contributed by atoms with Crippen molar-refractivity contribution in [3.05, 3.63) is 71.3 Å². The molecule has 8 nitrogen and oxygen atoms in total. The van der Waals surface area contributed by atoms with E-state index < -0.39 is 18.2 Å². The van der Waals surface area contributed by atoms with Gasteiger partial charge in [-0.25, -0.2) is 0 Å². The van der Waals surface area contributed by atoms with Gasteiger partial charge < -0.3 is 28.2 Å². The number of carbonyl (C=O) groups excluding carboxylic acids is 2. The molecule has 0 aliphatic heterocycles. The topological polar surface area (TPSA) is 97.4 Å². The summed E-state index contributed by atoms with van der Waals surface area (Å²) in [6, 6.07) is 14.0. The molecular formula is C26H27O8P. The van der Waals surface area contributed by atoms with Crippen molar-refractivity contribution in [2.45, 2.75) is 6.92 Å². The zero-order valence-electron chi connectivity index (χ0n) is 20.4. The SMILES string of the molecule is COc1ccc(P(=O)(C(=O)c2c(OC)cccc2OC)C(=O)c2c(OC)cccc2OC)c(C)c1. The highest BCUT2D eigenvalue weighted by atomic mass is 31.2. The van der Waals surface area contributed by atoms with E-state index in [9.17, 15) is 14.2 Å². The first-order valence-corrected chi connectivity index (χ1v) is 12.3. The minimum absolute atomic E-state index is 0.0641. The summed E-state index contributed by atoms with van der Waals surface area (Å²) in [6.45, 7) is 1.66. The number of carbonyl (C=O) groups is 2. The molecule has 0 unspecified atom stereocenters. The molecule has 0 spiro atoms. The number of hydrogen-bond donors (Lipinski definition) is 0. The molecule has 0 aliphatic carbocycles. The van der Waals surface area contributed by atoms with Crippen LogP contribution in [0.25, 0.3) is 0 Å². The molecule has 0 fully saturated rings. The second-order valence-corrected chi connectivity index (χ2v) is 9.96. The van der Waals surface area contributed by atoms with E-state index in [1.807, 2.05) is 0 Å². The molecule has 0 heterocycles. The van der Waals surface area contributed by atoms with Crippen molar-refractivity contribution in [1.29, 1.82) is 0 Å². The van der Waals surface area contributed by atoms with Crippen LogP contribution in [0.5, 0.6) is 28.7 Å². The third kappa shape index (κ3) is 4.49. The highest BCUT2D eigenvalue weighted by Crippen LogP contribution is 2.56. The van der Waals surface area contributed by atoms with Crippen molar-refractivity contribution >= 4 is 23.5 Å². The fourth-order valence-electron chi connectivity index (χ4n) is 3.86. The Morgan fingerprint density at radius 2 is 1.03 bits per heavy atom. The van der Waals surface area contributed by atoms with Crippen LogP contribution in [0, 0.1) is 6.92 Å². The molecule has 0 N–H and O–H groups in total. The van der Waals surface area contributed by atoms with Gasteiger partial charge in [0.2, 0.25) is 18.2 Å². The van der Waals surface area contributed by atoms with Crippen LogP contribution in [-0.4, -0.2) is 46.6 Å². The standard InChI is InChI=1S/C26H27O8P/c1-16-15-17(30-2)13-14-22(16)35(29,25(27)23-18(31-3)9-7-10-19(23)32-4)26(28)24-20(33-5)11-8-12-21(24)34-6/h7-15H,1-6H3. The number of hydrogen-bond acceptors (Lipinski definition) is 8. The number of rotatable bonds is 10. The minimum Gasteiger partial charge on any atom is -0.497 e. The summed E-state index contributed by atoms with van der Waals surface area (Å²) in [5.74, 6) is 0.990. The Bertz CT molecular complexity index is 1200. The zero-order valence-corrected chi connectivity index (χ0v) is 21.3. The maximum absolute atomic E-state index is 14.9. The van der Waals surface area contributed by atoms with Crippen molar-refractivity contribution in [2.24, 2.45) is 0 Å². The monoisotopic (exact) mass is 498 g/mol. The van der Waals surface area contributed by atoms with Gasteiger partial charge in [0.15, 0.2) is 0 Å². The third-order valence-corrected chi connectivity index (χ3v) is 8.37. The summed E-state index contributed by atoms with van der Waals surface area (Å²) < 4.78 is 41.7. The second-order valence-electron chi connectivity index (χ2n) is 7.45. The normalized spacial score (nSPS) is 10.9. The Morgan fingerprint density at radius 3 is 1.34 bits per heavy atom. The lowest BCUT2D eigenvalue weighted by Gasteiger charge is -2.22. The maximum Gasteiger partial charge on any atom is 0.249 e. The van der Waals surface area contributed by atoms with Crippen LogP contribution in [0.1, 0.15) is 26.3 Å². The van der Waals surface area contributed by atoms with Crippen molar-refractivity contribution in [3.63, 3.8) is 0 Å². The number of ether oxygens (including phenoxy) is 5. The fourth-order valence-corrected chi connectivity index (χ4v) is 6.40. The molecule has 0 atom stereocenters. The molecule has 0 bridgehead atoms. The predicted octanol–water partition coefficient (Wildman–Crippen LogP) is 4.71. The Labute approximate surface area is 204 Å². The van der Waals surface area contributed by atoms with E-state index in [1.165, 1.54) is 65.9 Å². The van der Waals surface area contributed by atoms with Crippen LogP contribution in [0.2, 0.25) is 0 Å². The quantitative estimate of drug-likeness (QED) is 0.371.